The zero-order valence-electron chi connectivity index (χ0n) is 13.0. The minimum Gasteiger partial charge on any atom is -0.457 e. The van der Waals surface area contributed by atoms with Gasteiger partial charge in [-0.15, -0.1) is 0 Å². The third kappa shape index (κ3) is 2.21. The number of hydrogen-bond donors (Lipinski definition) is 1. The van der Waals surface area contributed by atoms with Gasteiger partial charge in [0.25, 0.3) is 0 Å². The molecule has 2 aromatic rings. The highest BCUT2D eigenvalue weighted by atomic mass is 16.5. The van der Waals surface area contributed by atoms with Crippen molar-refractivity contribution in [3.8, 4) is 11.5 Å². The van der Waals surface area contributed by atoms with Crippen LogP contribution in [0.2, 0.25) is 0 Å². The van der Waals surface area contributed by atoms with Gasteiger partial charge in [0.05, 0.1) is 6.04 Å². The van der Waals surface area contributed by atoms with E-state index in [1.54, 1.807) is 0 Å². The fourth-order valence-corrected chi connectivity index (χ4v) is 3.89. The molecule has 1 atom stereocenters. The second-order valence-corrected chi connectivity index (χ2v) is 6.17. The molecule has 1 N–H and O–H groups in total. The molecule has 0 bridgehead atoms. The molecule has 2 aliphatic rings. The molecule has 1 unspecified atom stereocenters. The van der Waals surface area contributed by atoms with E-state index in [0.717, 1.165) is 24.6 Å². The summed E-state index contributed by atoms with van der Waals surface area (Å²) >= 11 is 0. The summed E-state index contributed by atoms with van der Waals surface area (Å²) in [5.41, 5.74) is 2.59. The fourth-order valence-electron chi connectivity index (χ4n) is 3.89. The molecule has 2 heterocycles. The first kappa shape index (κ1) is 13.8. The van der Waals surface area contributed by atoms with E-state index in [9.17, 15) is 0 Å². The first-order chi connectivity index (χ1) is 10.9. The summed E-state index contributed by atoms with van der Waals surface area (Å²) in [5.74, 6) is 2.00. The molecule has 0 aliphatic carbocycles. The number of hydrogen-bond acceptors (Lipinski definition) is 3. The molecule has 4 rings (SSSR count). The average Bonchev–Trinajstić information content (AvgIpc) is 3.01. The van der Waals surface area contributed by atoms with Gasteiger partial charge in [-0.1, -0.05) is 36.4 Å². The zero-order valence-corrected chi connectivity index (χ0v) is 13.0. The largest absolute Gasteiger partial charge is 0.457 e. The van der Waals surface area contributed by atoms with Gasteiger partial charge < -0.3 is 10.1 Å². The van der Waals surface area contributed by atoms with Crippen LogP contribution in [-0.2, 0) is 0 Å². The lowest BCUT2D eigenvalue weighted by Gasteiger charge is -2.37. The van der Waals surface area contributed by atoms with Gasteiger partial charge in [-0.05, 0) is 38.6 Å². The number of nitrogens with zero attached hydrogens (tertiary/aromatic N) is 1. The first-order valence-electron chi connectivity index (χ1n) is 8.14. The Labute approximate surface area is 131 Å². The number of likely N-dealkylation sites (N-methyl/N-ethyl adjacent to an activating group) is 1. The number of fused-ring (bicyclic) bond motifs is 2. The number of para-hydroxylation sites is 2. The van der Waals surface area contributed by atoms with Crippen LogP contribution in [0.1, 0.15) is 30.0 Å². The summed E-state index contributed by atoms with van der Waals surface area (Å²) in [6.45, 7) is 2.20. The molecular formula is C19H22N2O. The van der Waals surface area contributed by atoms with Crippen molar-refractivity contribution in [1.29, 1.82) is 0 Å². The van der Waals surface area contributed by atoms with Crippen molar-refractivity contribution in [2.24, 2.45) is 0 Å². The van der Waals surface area contributed by atoms with Crippen LogP contribution in [0.15, 0.2) is 48.5 Å². The molecule has 0 spiro atoms. The number of benzene rings is 2. The second kappa shape index (κ2) is 5.75. The topological polar surface area (TPSA) is 24.5 Å². The number of likely N-dealkylation sites (tertiary alicyclic amines) is 1. The van der Waals surface area contributed by atoms with E-state index in [0.29, 0.717) is 12.1 Å². The third-order valence-electron chi connectivity index (χ3n) is 4.84. The Bertz CT molecular complexity index is 624. The zero-order chi connectivity index (χ0) is 14.9. The van der Waals surface area contributed by atoms with Gasteiger partial charge in [-0.2, -0.15) is 0 Å². The minimum absolute atomic E-state index is 0.307. The predicted octanol–water partition coefficient (Wildman–Crippen LogP) is 3.57. The predicted molar refractivity (Wildman–Crippen MR) is 88.5 cm³/mol. The highest BCUT2D eigenvalue weighted by Gasteiger charge is 2.37. The number of rotatable bonds is 3. The SMILES string of the molecule is CNCC1CCCN1C1c2ccccc2Oc2ccccc21. The Balaban J connectivity index is 1.81. The summed E-state index contributed by atoms with van der Waals surface area (Å²) in [6.07, 6.45) is 2.54. The molecule has 2 aliphatic heterocycles. The van der Waals surface area contributed by atoms with Gasteiger partial charge >= 0.3 is 0 Å². The maximum Gasteiger partial charge on any atom is 0.132 e. The first-order valence-corrected chi connectivity index (χ1v) is 8.14. The van der Waals surface area contributed by atoms with Crippen molar-refractivity contribution in [3.63, 3.8) is 0 Å². The normalized spacial score (nSPS) is 21.2. The smallest absolute Gasteiger partial charge is 0.132 e. The van der Waals surface area contributed by atoms with E-state index in [1.807, 2.05) is 7.05 Å². The third-order valence-corrected chi connectivity index (χ3v) is 4.84. The molecule has 1 saturated heterocycles. The number of nitrogens with one attached hydrogen (secondary N) is 1. The molecule has 3 heteroatoms. The fraction of sp³-hybridized carbons (Fsp3) is 0.368. The van der Waals surface area contributed by atoms with Crippen molar-refractivity contribution in [3.05, 3.63) is 59.7 Å². The van der Waals surface area contributed by atoms with Gasteiger partial charge in [-0.25, -0.2) is 0 Å². The molecule has 3 nitrogen and oxygen atoms in total. The Morgan fingerprint density at radius 2 is 1.68 bits per heavy atom. The molecular weight excluding hydrogens is 272 g/mol. The highest BCUT2D eigenvalue weighted by Crippen LogP contribution is 2.47. The molecule has 2 aromatic carbocycles. The molecule has 0 radical (unpaired) electrons. The maximum absolute atomic E-state index is 6.12. The van der Waals surface area contributed by atoms with Crippen LogP contribution in [0.25, 0.3) is 0 Å². The van der Waals surface area contributed by atoms with E-state index >= 15 is 0 Å². The Kier molecular flexibility index (Phi) is 3.60. The van der Waals surface area contributed by atoms with Crippen molar-refractivity contribution in [1.82, 2.24) is 10.2 Å². The lowest BCUT2D eigenvalue weighted by molar-refractivity contribution is 0.194. The molecule has 22 heavy (non-hydrogen) atoms. The maximum atomic E-state index is 6.12. The van der Waals surface area contributed by atoms with Crippen LogP contribution in [0.3, 0.4) is 0 Å². The van der Waals surface area contributed by atoms with Crippen LogP contribution in [-0.4, -0.2) is 31.1 Å². The van der Waals surface area contributed by atoms with Crippen LogP contribution >= 0.6 is 0 Å². The Hall–Kier alpha value is -1.84. The van der Waals surface area contributed by atoms with Gasteiger partial charge in [0.2, 0.25) is 0 Å². The van der Waals surface area contributed by atoms with Gasteiger partial charge in [-0.3, -0.25) is 4.90 Å². The van der Waals surface area contributed by atoms with E-state index in [-0.39, 0.29) is 0 Å². The van der Waals surface area contributed by atoms with E-state index in [1.165, 1.54) is 24.0 Å². The summed E-state index contributed by atoms with van der Waals surface area (Å²) in [6, 6.07) is 17.8. The molecule has 0 amide bonds. The van der Waals surface area contributed by atoms with Gasteiger partial charge in [0.15, 0.2) is 0 Å². The Morgan fingerprint density at radius 3 is 2.32 bits per heavy atom. The van der Waals surface area contributed by atoms with Gasteiger partial charge in [0.1, 0.15) is 11.5 Å². The second-order valence-electron chi connectivity index (χ2n) is 6.17. The highest BCUT2D eigenvalue weighted by molar-refractivity contribution is 5.53. The molecule has 0 saturated carbocycles. The van der Waals surface area contributed by atoms with Crippen LogP contribution in [0, 0.1) is 0 Å². The van der Waals surface area contributed by atoms with Crippen molar-refractivity contribution < 1.29 is 4.74 Å². The van der Waals surface area contributed by atoms with E-state index < -0.39 is 0 Å². The molecule has 0 aromatic heterocycles. The summed E-state index contributed by atoms with van der Waals surface area (Å²) < 4.78 is 6.12. The van der Waals surface area contributed by atoms with Crippen LogP contribution in [0.5, 0.6) is 11.5 Å². The quantitative estimate of drug-likeness (QED) is 0.936. The van der Waals surface area contributed by atoms with Crippen molar-refractivity contribution in [2.45, 2.75) is 24.9 Å². The Morgan fingerprint density at radius 1 is 1.05 bits per heavy atom. The monoisotopic (exact) mass is 294 g/mol. The lowest BCUT2D eigenvalue weighted by atomic mass is 9.92. The van der Waals surface area contributed by atoms with Crippen LogP contribution in [0.4, 0.5) is 0 Å². The van der Waals surface area contributed by atoms with Gasteiger partial charge in [0, 0.05) is 23.7 Å². The summed E-state index contributed by atoms with van der Waals surface area (Å²) in [4.78, 5) is 2.65. The van der Waals surface area contributed by atoms with E-state index in [2.05, 4.69) is 58.7 Å². The summed E-state index contributed by atoms with van der Waals surface area (Å²) in [5, 5.41) is 3.35. The summed E-state index contributed by atoms with van der Waals surface area (Å²) in [7, 11) is 2.04. The van der Waals surface area contributed by atoms with Crippen LogP contribution < -0.4 is 10.1 Å². The average molecular weight is 294 g/mol. The van der Waals surface area contributed by atoms with Crippen molar-refractivity contribution >= 4 is 0 Å². The minimum atomic E-state index is 0.307. The van der Waals surface area contributed by atoms with E-state index in [4.69, 9.17) is 4.74 Å². The number of ether oxygens (including phenoxy) is 1. The van der Waals surface area contributed by atoms with Crippen molar-refractivity contribution in [2.75, 3.05) is 20.1 Å². The molecule has 114 valence electrons. The molecule has 1 fully saturated rings. The lowest BCUT2D eigenvalue weighted by Crippen LogP contribution is -2.40. The standard InChI is InChI=1S/C19H22N2O/c1-20-13-14-7-6-12-21(14)19-15-8-2-4-10-17(15)22-18-11-5-3-9-16(18)19/h2-5,8-11,14,19-20H,6-7,12-13H2,1H3.